The van der Waals surface area contributed by atoms with E-state index in [0.717, 1.165) is 5.69 Å². The zero-order valence-electron chi connectivity index (χ0n) is 11.8. The molecule has 0 bridgehead atoms. The lowest BCUT2D eigenvalue weighted by Gasteiger charge is -2.17. The highest BCUT2D eigenvalue weighted by molar-refractivity contribution is 6.29. The van der Waals surface area contributed by atoms with Gasteiger partial charge in [0.15, 0.2) is 0 Å². The van der Waals surface area contributed by atoms with Crippen LogP contribution in [0.2, 0.25) is 5.15 Å². The van der Waals surface area contributed by atoms with E-state index in [1.165, 1.54) is 0 Å². The Labute approximate surface area is 127 Å². The molecule has 7 heteroatoms. The topological polar surface area (TPSA) is 93.3 Å². The van der Waals surface area contributed by atoms with E-state index in [9.17, 15) is 5.11 Å². The molecule has 1 aromatic heterocycles. The van der Waals surface area contributed by atoms with Gasteiger partial charge in [0, 0.05) is 11.8 Å². The molecule has 0 saturated carbocycles. The number of nitrogens with one attached hydrogen (secondary N) is 1. The summed E-state index contributed by atoms with van der Waals surface area (Å²) in [6, 6.07) is 8.81. The zero-order valence-corrected chi connectivity index (χ0v) is 12.6. The maximum Gasteiger partial charge on any atom is 0.223 e. The van der Waals surface area contributed by atoms with E-state index in [0.29, 0.717) is 11.6 Å². The van der Waals surface area contributed by atoms with Crippen LogP contribution in [0.25, 0.3) is 0 Å². The van der Waals surface area contributed by atoms with Crippen LogP contribution >= 0.6 is 11.6 Å². The predicted octanol–water partition coefficient (Wildman–Crippen LogP) is 2.61. The van der Waals surface area contributed by atoms with Crippen molar-refractivity contribution in [2.24, 2.45) is 0 Å². The van der Waals surface area contributed by atoms with Gasteiger partial charge in [-0.15, -0.1) is 0 Å². The molecule has 0 aliphatic carbocycles. The van der Waals surface area contributed by atoms with Gasteiger partial charge < -0.3 is 20.9 Å². The summed E-state index contributed by atoms with van der Waals surface area (Å²) in [5.41, 5.74) is 5.46. The maximum absolute atomic E-state index is 9.60. The summed E-state index contributed by atoms with van der Waals surface area (Å²) in [4.78, 5) is 7.81. The fourth-order valence-corrected chi connectivity index (χ4v) is 1.73. The van der Waals surface area contributed by atoms with Gasteiger partial charge in [0.25, 0.3) is 0 Å². The number of hydrogen-bond donors (Lipinski definition) is 3. The molecular formula is C14H17ClN4O2. The van der Waals surface area contributed by atoms with E-state index in [2.05, 4.69) is 15.3 Å². The first kappa shape index (κ1) is 15.3. The van der Waals surface area contributed by atoms with Crippen molar-refractivity contribution in [2.75, 3.05) is 17.7 Å². The number of nitrogens with zero attached hydrogens (tertiary/aromatic N) is 2. The number of benzene rings is 1. The van der Waals surface area contributed by atoms with Crippen LogP contribution in [-0.4, -0.2) is 27.3 Å². The maximum atomic E-state index is 9.60. The third kappa shape index (κ3) is 5.09. The van der Waals surface area contributed by atoms with Crippen molar-refractivity contribution in [1.29, 1.82) is 0 Å². The van der Waals surface area contributed by atoms with Gasteiger partial charge in [-0.3, -0.25) is 0 Å². The summed E-state index contributed by atoms with van der Waals surface area (Å²) < 4.78 is 5.47. The van der Waals surface area contributed by atoms with E-state index >= 15 is 0 Å². The van der Waals surface area contributed by atoms with Gasteiger partial charge in [0.2, 0.25) is 5.95 Å². The number of nitrogens with two attached hydrogens (primary N) is 1. The van der Waals surface area contributed by atoms with E-state index in [1.807, 2.05) is 12.1 Å². The molecule has 0 fully saturated rings. The van der Waals surface area contributed by atoms with Crippen molar-refractivity contribution in [1.82, 2.24) is 9.97 Å². The van der Waals surface area contributed by atoms with Crippen LogP contribution in [0.3, 0.4) is 0 Å². The molecule has 21 heavy (non-hydrogen) atoms. The van der Waals surface area contributed by atoms with Gasteiger partial charge in [-0.2, -0.15) is 4.98 Å². The van der Waals surface area contributed by atoms with Crippen molar-refractivity contribution in [2.45, 2.75) is 19.4 Å². The van der Waals surface area contributed by atoms with E-state index in [4.69, 9.17) is 22.1 Å². The minimum absolute atomic E-state index is 0.107. The molecule has 4 N–H and O–H groups in total. The molecule has 0 amide bonds. The molecule has 0 radical (unpaired) electrons. The Morgan fingerprint density at radius 1 is 1.29 bits per heavy atom. The highest BCUT2D eigenvalue weighted by atomic mass is 35.5. The predicted molar refractivity (Wildman–Crippen MR) is 83.0 cm³/mol. The molecule has 0 aliphatic heterocycles. The number of rotatable bonds is 5. The number of anilines is 3. The van der Waals surface area contributed by atoms with Crippen molar-refractivity contribution in [3.8, 4) is 5.75 Å². The number of aromatic nitrogens is 2. The second kappa shape index (κ2) is 6.15. The number of hydrogen-bond acceptors (Lipinski definition) is 6. The smallest absolute Gasteiger partial charge is 0.223 e. The molecule has 0 atom stereocenters. The van der Waals surface area contributed by atoms with Gasteiger partial charge in [0.1, 0.15) is 23.3 Å². The van der Waals surface area contributed by atoms with Gasteiger partial charge in [-0.1, -0.05) is 11.6 Å². The number of nitrogen functional groups attached to an aromatic ring is 1. The zero-order chi connectivity index (χ0) is 15.5. The van der Waals surface area contributed by atoms with Crippen LogP contribution in [0.4, 0.5) is 17.5 Å². The summed E-state index contributed by atoms with van der Waals surface area (Å²) in [5.74, 6) is 1.29. The quantitative estimate of drug-likeness (QED) is 0.735. The molecule has 1 aromatic carbocycles. The van der Waals surface area contributed by atoms with Crippen molar-refractivity contribution in [3.05, 3.63) is 35.5 Å². The third-order valence-corrected chi connectivity index (χ3v) is 2.62. The molecule has 6 nitrogen and oxygen atoms in total. The van der Waals surface area contributed by atoms with E-state index in [-0.39, 0.29) is 17.7 Å². The molecule has 0 saturated heterocycles. The molecule has 2 aromatic rings. The minimum Gasteiger partial charge on any atom is -0.491 e. The second-order valence-electron chi connectivity index (χ2n) is 5.18. The minimum atomic E-state index is -0.869. The summed E-state index contributed by atoms with van der Waals surface area (Å²) in [7, 11) is 0. The number of ether oxygens (including phenoxy) is 1. The first-order valence-corrected chi connectivity index (χ1v) is 6.72. The van der Waals surface area contributed by atoms with Gasteiger partial charge in [0.05, 0.1) is 5.60 Å². The van der Waals surface area contributed by atoms with Crippen molar-refractivity contribution in [3.63, 3.8) is 0 Å². The summed E-state index contributed by atoms with van der Waals surface area (Å²) in [6.45, 7) is 3.59. The second-order valence-corrected chi connectivity index (χ2v) is 5.57. The largest absolute Gasteiger partial charge is 0.491 e. The molecular weight excluding hydrogens is 292 g/mol. The average Bonchev–Trinajstić information content (AvgIpc) is 2.36. The van der Waals surface area contributed by atoms with Crippen molar-refractivity contribution < 1.29 is 9.84 Å². The average molecular weight is 309 g/mol. The lowest BCUT2D eigenvalue weighted by atomic mass is 10.2. The molecule has 2 rings (SSSR count). The monoisotopic (exact) mass is 308 g/mol. The van der Waals surface area contributed by atoms with E-state index < -0.39 is 5.60 Å². The Balaban J connectivity index is 2.02. The highest BCUT2D eigenvalue weighted by Gasteiger charge is 2.13. The standard InChI is InChI=1S/C14H17ClN4O2/c1-14(2,20)8-21-10-5-3-9(4-6-10)17-12-7-11(15)18-13(16)19-12/h3-7,20H,8H2,1-2H3,(H3,16,17,18,19). The van der Waals surface area contributed by atoms with Gasteiger partial charge in [-0.05, 0) is 38.1 Å². The van der Waals surface area contributed by atoms with Crippen LogP contribution in [0.1, 0.15) is 13.8 Å². The Hall–Kier alpha value is -2.05. The fraction of sp³-hybridized carbons (Fsp3) is 0.286. The van der Waals surface area contributed by atoms with Crippen LogP contribution in [-0.2, 0) is 0 Å². The molecule has 112 valence electrons. The lowest BCUT2D eigenvalue weighted by molar-refractivity contribution is 0.0285. The van der Waals surface area contributed by atoms with Crippen molar-refractivity contribution >= 4 is 29.1 Å². The Morgan fingerprint density at radius 3 is 2.52 bits per heavy atom. The molecule has 0 spiro atoms. The first-order chi connectivity index (χ1) is 9.82. The third-order valence-electron chi connectivity index (χ3n) is 2.43. The number of aliphatic hydroxyl groups is 1. The molecule has 0 aliphatic rings. The fourth-order valence-electron chi connectivity index (χ4n) is 1.54. The Morgan fingerprint density at radius 2 is 1.95 bits per heavy atom. The van der Waals surface area contributed by atoms with Crippen LogP contribution in [0.15, 0.2) is 30.3 Å². The lowest BCUT2D eigenvalue weighted by Crippen LogP contribution is -2.27. The van der Waals surface area contributed by atoms with Crippen LogP contribution < -0.4 is 15.8 Å². The summed E-state index contributed by atoms with van der Waals surface area (Å²) in [5, 5.41) is 12.9. The molecule has 1 heterocycles. The Bertz CT molecular complexity index is 591. The SMILES string of the molecule is CC(C)(O)COc1ccc(Nc2cc(Cl)nc(N)n2)cc1. The van der Waals surface area contributed by atoms with Crippen LogP contribution in [0.5, 0.6) is 5.75 Å². The number of halogens is 1. The highest BCUT2D eigenvalue weighted by Crippen LogP contribution is 2.21. The normalized spacial score (nSPS) is 11.2. The van der Waals surface area contributed by atoms with Crippen LogP contribution in [0, 0.1) is 0 Å². The van der Waals surface area contributed by atoms with E-state index in [1.54, 1.807) is 32.0 Å². The summed E-state index contributed by atoms with van der Waals surface area (Å²) in [6.07, 6.45) is 0. The van der Waals surface area contributed by atoms with Gasteiger partial charge in [-0.25, -0.2) is 4.98 Å². The first-order valence-electron chi connectivity index (χ1n) is 6.34. The van der Waals surface area contributed by atoms with Gasteiger partial charge >= 0.3 is 0 Å². The summed E-state index contributed by atoms with van der Waals surface area (Å²) >= 11 is 5.81. The molecule has 0 unspecified atom stereocenters. The Kier molecular flexibility index (Phi) is 4.50.